The molecule has 1 amide bonds. The number of piperazine rings is 1. The molecule has 1 fully saturated rings. The average Bonchev–Trinajstić information content (AvgIpc) is 3.23. The van der Waals surface area contributed by atoms with Gasteiger partial charge in [-0.2, -0.15) is 0 Å². The lowest BCUT2D eigenvalue weighted by molar-refractivity contribution is -0.131. The molecule has 0 unspecified atom stereocenters. The predicted molar refractivity (Wildman–Crippen MR) is 132 cm³/mol. The number of aryl methyl sites for hydroxylation is 1. The van der Waals surface area contributed by atoms with E-state index in [4.69, 9.17) is 9.72 Å². The minimum absolute atomic E-state index is 0.0133. The van der Waals surface area contributed by atoms with Gasteiger partial charge < -0.3 is 14.5 Å². The summed E-state index contributed by atoms with van der Waals surface area (Å²) < 4.78 is 31.6. The number of carbonyl (C=O) groups excluding carboxylic acids is 1. The highest BCUT2D eigenvalue weighted by atomic mass is 32.2. The van der Waals surface area contributed by atoms with Crippen LogP contribution in [0, 0.1) is 6.92 Å². The highest BCUT2D eigenvalue weighted by molar-refractivity contribution is 7.91. The van der Waals surface area contributed by atoms with E-state index >= 15 is 0 Å². The van der Waals surface area contributed by atoms with Gasteiger partial charge in [0.15, 0.2) is 15.0 Å². The molecule has 1 aromatic heterocycles. The Bertz CT molecular complexity index is 1210. The van der Waals surface area contributed by atoms with E-state index in [2.05, 4.69) is 4.90 Å². The molecule has 2 heterocycles. The van der Waals surface area contributed by atoms with Crippen molar-refractivity contribution in [1.82, 2.24) is 9.88 Å². The van der Waals surface area contributed by atoms with Crippen LogP contribution in [0.4, 0.5) is 5.13 Å². The van der Waals surface area contributed by atoms with Crippen molar-refractivity contribution in [3.05, 3.63) is 48.0 Å². The van der Waals surface area contributed by atoms with Crippen molar-refractivity contribution < 1.29 is 17.9 Å². The summed E-state index contributed by atoms with van der Waals surface area (Å²) in [5.41, 5.74) is 1.97. The Kier molecular flexibility index (Phi) is 7.19. The van der Waals surface area contributed by atoms with Crippen LogP contribution in [0.1, 0.15) is 25.3 Å². The molecule has 9 heteroatoms. The van der Waals surface area contributed by atoms with Gasteiger partial charge in [-0.3, -0.25) is 4.79 Å². The van der Waals surface area contributed by atoms with Crippen molar-refractivity contribution in [3.8, 4) is 5.75 Å². The van der Waals surface area contributed by atoms with Crippen LogP contribution in [0.3, 0.4) is 0 Å². The maximum absolute atomic E-state index is 12.6. The molecule has 0 bridgehead atoms. The van der Waals surface area contributed by atoms with Crippen molar-refractivity contribution >= 4 is 42.4 Å². The van der Waals surface area contributed by atoms with E-state index < -0.39 is 9.84 Å². The number of carbonyl (C=O) groups is 1. The lowest BCUT2D eigenvalue weighted by atomic mass is 10.2. The number of benzene rings is 2. The predicted octanol–water partition coefficient (Wildman–Crippen LogP) is 3.91. The number of anilines is 1. The molecule has 2 aromatic carbocycles. The summed E-state index contributed by atoms with van der Waals surface area (Å²) in [6, 6.07) is 12.8. The monoisotopic (exact) mass is 487 g/mol. The molecule has 0 saturated carbocycles. The SMILES string of the molecule is CCOc1ccc2nc(N3CCN(C(=O)CCCS(=O)(=O)c4ccc(C)cc4)CC3)sc2c1. The molecule has 1 aliphatic rings. The maximum atomic E-state index is 12.6. The molecule has 1 saturated heterocycles. The molecule has 0 spiro atoms. The fraction of sp³-hybridized carbons (Fsp3) is 0.417. The number of hydrogen-bond acceptors (Lipinski definition) is 7. The summed E-state index contributed by atoms with van der Waals surface area (Å²) in [6.07, 6.45) is 0.571. The largest absolute Gasteiger partial charge is 0.494 e. The summed E-state index contributed by atoms with van der Waals surface area (Å²) in [5, 5.41) is 0.954. The third kappa shape index (κ3) is 5.65. The van der Waals surface area contributed by atoms with Crippen LogP contribution in [-0.2, 0) is 14.6 Å². The standard InChI is InChI=1S/C24H29N3O4S2/c1-3-31-19-8-11-21-22(17-19)32-24(25-21)27-14-12-26(13-15-27)23(28)5-4-16-33(29,30)20-9-6-18(2)7-10-20/h6-11,17H,3-5,12-16H2,1-2H3. The van der Waals surface area contributed by atoms with Crippen LogP contribution in [0.15, 0.2) is 47.4 Å². The average molecular weight is 488 g/mol. The Labute approximate surface area is 198 Å². The summed E-state index contributed by atoms with van der Waals surface area (Å²) in [6.45, 7) is 7.17. The molecule has 0 atom stereocenters. The van der Waals surface area contributed by atoms with Gasteiger partial charge in [-0.25, -0.2) is 13.4 Å². The molecule has 3 aromatic rings. The number of aromatic nitrogens is 1. The van der Waals surface area contributed by atoms with Gasteiger partial charge in [0.1, 0.15) is 5.75 Å². The second kappa shape index (κ2) is 10.1. The quantitative estimate of drug-likeness (QED) is 0.479. The highest BCUT2D eigenvalue weighted by Crippen LogP contribution is 2.32. The molecule has 0 radical (unpaired) electrons. The van der Waals surface area contributed by atoms with E-state index in [1.807, 2.05) is 36.9 Å². The van der Waals surface area contributed by atoms with Gasteiger partial charge >= 0.3 is 0 Å². The zero-order chi connectivity index (χ0) is 23.4. The number of rotatable bonds is 8. The fourth-order valence-electron chi connectivity index (χ4n) is 3.87. The number of sulfone groups is 1. The summed E-state index contributed by atoms with van der Waals surface area (Å²) in [5.74, 6) is 0.844. The van der Waals surface area contributed by atoms with Crippen LogP contribution in [-0.4, -0.2) is 62.7 Å². The fourth-order valence-corrected chi connectivity index (χ4v) is 6.22. The maximum Gasteiger partial charge on any atom is 0.222 e. The number of thiazole rings is 1. The third-order valence-corrected chi connectivity index (χ3v) is 8.64. The van der Waals surface area contributed by atoms with Gasteiger partial charge in [-0.05, 0) is 50.6 Å². The van der Waals surface area contributed by atoms with Gasteiger partial charge in [-0.1, -0.05) is 29.0 Å². The first kappa shape index (κ1) is 23.5. The first-order chi connectivity index (χ1) is 15.9. The Morgan fingerprint density at radius 2 is 1.82 bits per heavy atom. The highest BCUT2D eigenvalue weighted by Gasteiger charge is 2.24. The van der Waals surface area contributed by atoms with E-state index in [1.165, 1.54) is 0 Å². The van der Waals surface area contributed by atoms with E-state index in [0.717, 1.165) is 26.7 Å². The van der Waals surface area contributed by atoms with E-state index in [1.54, 1.807) is 35.6 Å². The number of fused-ring (bicyclic) bond motifs is 1. The van der Waals surface area contributed by atoms with Crippen molar-refractivity contribution in [2.45, 2.75) is 31.6 Å². The Balaban J connectivity index is 1.27. The van der Waals surface area contributed by atoms with Crippen molar-refractivity contribution in [1.29, 1.82) is 0 Å². The summed E-state index contributed by atoms with van der Waals surface area (Å²) >= 11 is 1.63. The molecule has 176 valence electrons. The van der Waals surface area contributed by atoms with Crippen LogP contribution in [0.5, 0.6) is 5.75 Å². The second-order valence-corrected chi connectivity index (χ2v) is 11.3. The van der Waals surface area contributed by atoms with E-state index in [9.17, 15) is 13.2 Å². The zero-order valence-corrected chi connectivity index (χ0v) is 20.6. The summed E-state index contributed by atoms with van der Waals surface area (Å²) in [7, 11) is -3.36. The van der Waals surface area contributed by atoms with Crippen LogP contribution >= 0.6 is 11.3 Å². The molecule has 4 rings (SSSR count). The molecule has 33 heavy (non-hydrogen) atoms. The topological polar surface area (TPSA) is 79.8 Å². The van der Waals surface area contributed by atoms with Gasteiger partial charge in [0.05, 0.1) is 27.5 Å². The molecule has 1 aliphatic heterocycles. The van der Waals surface area contributed by atoms with Crippen LogP contribution < -0.4 is 9.64 Å². The van der Waals surface area contributed by atoms with E-state index in [-0.39, 0.29) is 18.1 Å². The minimum atomic E-state index is -3.36. The molecule has 7 nitrogen and oxygen atoms in total. The van der Waals surface area contributed by atoms with Crippen molar-refractivity contribution in [2.75, 3.05) is 43.4 Å². The van der Waals surface area contributed by atoms with Crippen LogP contribution in [0.25, 0.3) is 10.2 Å². The Morgan fingerprint density at radius 3 is 2.52 bits per heavy atom. The Morgan fingerprint density at radius 1 is 1.09 bits per heavy atom. The zero-order valence-electron chi connectivity index (χ0n) is 19.0. The molecule has 0 aliphatic carbocycles. The molecular weight excluding hydrogens is 458 g/mol. The van der Waals surface area contributed by atoms with E-state index in [0.29, 0.717) is 44.1 Å². The van der Waals surface area contributed by atoms with Crippen molar-refractivity contribution in [2.24, 2.45) is 0 Å². The number of nitrogens with zero attached hydrogens (tertiary/aromatic N) is 3. The first-order valence-corrected chi connectivity index (χ1v) is 13.7. The van der Waals surface area contributed by atoms with Gasteiger partial charge in [-0.15, -0.1) is 0 Å². The normalized spacial score (nSPS) is 14.6. The van der Waals surface area contributed by atoms with Gasteiger partial charge in [0, 0.05) is 32.6 Å². The lowest BCUT2D eigenvalue weighted by Crippen LogP contribution is -2.48. The van der Waals surface area contributed by atoms with Crippen LogP contribution in [0.2, 0.25) is 0 Å². The third-order valence-electron chi connectivity index (χ3n) is 5.75. The molecular formula is C24H29N3O4S2. The number of ether oxygens (including phenoxy) is 1. The number of hydrogen-bond donors (Lipinski definition) is 0. The van der Waals surface area contributed by atoms with Crippen molar-refractivity contribution in [3.63, 3.8) is 0 Å². The summed E-state index contributed by atoms with van der Waals surface area (Å²) in [4.78, 5) is 21.7. The molecule has 0 N–H and O–H groups in total. The Hall–Kier alpha value is -2.65. The first-order valence-electron chi connectivity index (χ1n) is 11.2. The smallest absolute Gasteiger partial charge is 0.222 e. The van der Waals surface area contributed by atoms with Gasteiger partial charge in [0.2, 0.25) is 5.91 Å². The van der Waals surface area contributed by atoms with Gasteiger partial charge in [0.25, 0.3) is 0 Å². The lowest BCUT2D eigenvalue weighted by Gasteiger charge is -2.34. The second-order valence-electron chi connectivity index (χ2n) is 8.16. The number of amides is 1. The minimum Gasteiger partial charge on any atom is -0.494 e.